The molecule has 0 spiro atoms. The number of benzene rings is 1. The normalized spacial score (nSPS) is 14.7. The Balaban J connectivity index is 1.47. The standard InChI is InChI=1S/C16H18N6O2/c1-23-11-13-17-15(24-20-13)10-21-7-8-22-14(9-21)18-19-16(22)12-5-3-2-4-6-12/h2-6H,7-11H2,1H3. The molecule has 1 aliphatic heterocycles. The van der Waals surface area contributed by atoms with Gasteiger partial charge in [-0.05, 0) is 0 Å². The van der Waals surface area contributed by atoms with Crippen LogP contribution in [0.15, 0.2) is 34.9 Å². The van der Waals surface area contributed by atoms with Gasteiger partial charge in [-0.1, -0.05) is 35.5 Å². The highest BCUT2D eigenvalue weighted by Gasteiger charge is 2.23. The van der Waals surface area contributed by atoms with E-state index >= 15 is 0 Å². The van der Waals surface area contributed by atoms with Gasteiger partial charge in [0, 0.05) is 25.8 Å². The minimum atomic E-state index is 0.359. The molecule has 1 aliphatic rings. The van der Waals surface area contributed by atoms with Crippen LogP contribution in [0.2, 0.25) is 0 Å². The van der Waals surface area contributed by atoms with Crippen LogP contribution in [0.3, 0.4) is 0 Å². The molecular formula is C16H18N6O2. The largest absolute Gasteiger partial charge is 0.377 e. The van der Waals surface area contributed by atoms with Gasteiger partial charge in [0.2, 0.25) is 5.89 Å². The van der Waals surface area contributed by atoms with Crippen LogP contribution in [0, 0.1) is 0 Å². The van der Waals surface area contributed by atoms with E-state index < -0.39 is 0 Å². The fourth-order valence-corrected chi connectivity index (χ4v) is 2.88. The molecule has 2 aromatic heterocycles. The zero-order valence-electron chi connectivity index (χ0n) is 13.4. The molecule has 0 atom stereocenters. The summed E-state index contributed by atoms with van der Waals surface area (Å²) in [5.41, 5.74) is 1.09. The van der Waals surface area contributed by atoms with Gasteiger partial charge in [0.25, 0.3) is 0 Å². The van der Waals surface area contributed by atoms with Gasteiger partial charge in [-0.3, -0.25) is 4.90 Å². The van der Waals surface area contributed by atoms with Crippen molar-refractivity contribution in [2.45, 2.75) is 26.2 Å². The second-order valence-electron chi connectivity index (χ2n) is 5.71. The number of rotatable bonds is 5. The number of methoxy groups -OCH3 is 1. The van der Waals surface area contributed by atoms with Crippen LogP contribution in [0.25, 0.3) is 11.4 Å². The molecule has 8 heteroatoms. The Labute approximate surface area is 139 Å². The molecule has 8 nitrogen and oxygen atoms in total. The summed E-state index contributed by atoms with van der Waals surface area (Å²) in [5.74, 6) is 3.04. The van der Waals surface area contributed by atoms with Crippen LogP contribution >= 0.6 is 0 Å². The quantitative estimate of drug-likeness (QED) is 0.702. The van der Waals surface area contributed by atoms with E-state index in [1.807, 2.05) is 18.2 Å². The first kappa shape index (κ1) is 15.0. The van der Waals surface area contributed by atoms with Crippen LogP contribution in [0.1, 0.15) is 17.5 Å². The van der Waals surface area contributed by atoms with Crippen LogP contribution in [-0.2, 0) is 31.0 Å². The summed E-state index contributed by atoms with van der Waals surface area (Å²) in [4.78, 5) is 6.54. The lowest BCUT2D eigenvalue weighted by atomic mass is 10.2. The fourth-order valence-electron chi connectivity index (χ4n) is 2.88. The van der Waals surface area contributed by atoms with Crippen LogP contribution in [0.5, 0.6) is 0 Å². The molecule has 1 aromatic carbocycles. The second kappa shape index (κ2) is 6.50. The molecule has 0 amide bonds. The molecule has 0 radical (unpaired) electrons. The minimum Gasteiger partial charge on any atom is -0.377 e. The predicted octanol–water partition coefficient (Wildman–Crippen LogP) is 1.49. The molecule has 0 bridgehead atoms. The first-order valence-corrected chi connectivity index (χ1v) is 7.84. The number of hydrogen-bond donors (Lipinski definition) is 0. The van der Waals surface area contributed by atoms with Crippen molar-refractivity contribution in [3.63, 3.8) is 0 Å². The highest BCUT2D eigenvalue weighted by Crippen LogP contribution is 2.22. The number of fused-ring (bicyclic) bond motifs is 1. The van der Waals surface area contributed by atoms with E-state index in [0.29, 0.717) is 31.4 Å². The summed E-state index contributed by atoms with van der Waals surface area (Å²) in [5, 5.41) is 12.6. The van der Waals surface area contributed by atoms with E-state index in [1.165, 1.54) is 0 Å². The van der Waals surface area contributed by atoms with Crippen LogP contribution < -0.4 is 0 Å². The van der Waals surface area contributed by atoms with Gasteiger partial charge in [-0.2, -0.15) is 4.98 Å². The molecule has 0 unspecified atom stereocenters. The Kier molecular flexibility index (Phi) is 4.06. The van der Waals surface area contributed by atoms with Crippen molar-refractivity contribution in [2.24, 2.45) is 0 Å². The molecular weight excluding hydrogens is 308 g/mol. The maximum Gasteiger partial charge on any atom is 0.240 e. The molecule has 124 valence electrons. The number of aromatic nitrogens is 5. The summed E-state index contributed by atoms with van der Waals surface area (Å²) in [7, 11) is 1.61. The zero-order valence-corrected chi connectivity index (χ0v) is 13.4. The van der Waals surface area contributed by atoms with Crippen molar-refractivity contribution in [1.82, 2.24) is 29.8 Å². The lowest BCUT2D eigenvalue weighted by Crippen LogP contribution is -2.33. The van der Waals surface area contributed by atoms with Crippen molar-refractivity contribution in [3.8, 4) is 11.4 Å². The molecule has 4 rings (SSSR count). The third-order valence-corrected chi connectivity index (χ3v) is 4.01. The van der Waals surface area contributed by atoms with Crippen molar-refractivity contribution in [2.75, 3.05) is 13.7 Å². The van der Waals surface area contributed by atoms with Gasteiger partial charge in [0.1, 0.15) is 12.4 Å². The Bertz CT molecular complexity index is 813. The lowest BCUT2D eigenvalue weighted by molar-refractivity contribution is 0.173. The molecule has 0 fully saturated rings. The lowest BCUT2D eigenvalue weighted by Gasteiger charge is -2.26. The third kappa shape index (κ3) is 2.93. The molecule has 0 N–H and O–H groups in total. The van der Waals surface area contributed by atoms with Gasteiger partial charge in [-0.25, -0.2) is 0 Å². The topological polar surface area (TPSA) is 82.1 Å². The Morgan fingerprint density at radius 3 is 2.88 bits per heavy atom. The monoisotopic (exact) mass is 326 g/mol. The molecule has 3 aromatic rings. The van der Waals surface area contributed by atoms with Crippen molar-refractivity contribution < 1.29 is 9.26 Å². The summed E-state index contributed by atoms with van der Waals surface area (Å²) < 4.78 is 12.4. The molecule has 0 saturated heterocycles. The van der Waals surface area contributed by atoms with Crippen molar-refractivity contribution >= 4 is 0 Å². The number of nitrogens with zero attached hydrogens (tertiary/aromatic N) is 6. The summed E-state index contributed by atoms with van der Waals surface area (Å²) in [6.07, 6.45) is 0. The van der Waals surface area contributed by atoms with E-state index in [2.05, 4.69) is 41.9 Å². The van der Waals surface area contributed by atoms with E-state index in [1.54, 1.807) is 7.11 Å². The van der Waals surface area contributed by atoms with Crippen molar-refractivity contribution in [1.29, 1.82) is 0 Å². The van der Waals surface area contributed by atoms with Gasteiger partial charge < -0.3 is 13.8 Å². The van der Waals surface area contributed by atoms with Crippen molar-refractivity contribution in [3.05, 3.63) is 47.9 Å². The third-order valence-electron chi connectivity index (χ3n) is 4.01. The SMILES string of the molecule is COCc1noc(CN2CCn3c(nnc3-c3ccccc3)C2)n1. The van der Waals surface area contributed by atoms with Gasteiger partial charge in [-0.15, -0.1) is 10.2 Å². The first-order chi connectivity index (χ1) is 11.8. The molecule has 0 aliphatic carbocycles. The highest BCUT2D eigenvalue weighted by atomic mass is 16.5. The second-order valence-corrected chi connectivity index (χ2v) is 5.71. The van der Waals surface area contributed by atoms with E-state index in [-0.39, 0.29) is 0 Å². The molecule has 24 heavy (non-hydrogen) atoms. The van der Waals surface area contributed by atoms with E-state index in [4.69, 9.17) is 9.26 Å². The average molecular weight is 326 g/mol. The van der Waals surface area contributed by atoms with Crippen LogP contribution in [-0.4, -0.2) is 43.5 Å². The smallest absolute Gasteiger partial charge is 0.240 e. The Morgan fingerprint density at radius 1 is 1.17 bits per heavy atom. The maximum atomic E-state index is 5.26. The Hall–Kier alpha value is -2.58. The average Bonchev–Trinajstić information content (AvgIpc) is 3.22. The molecule has 3 heterocycles. The molecule has 0 saturated carbocycles. The summed E-state index contributed by atoms with van der Waals surface area (Å²) in [6, 6.07) is 10.1. The predicted molar refractivity (Wildman–Crippen MR) is 84.6 cm³/mol. The Morgan fingerprint density at radius 2 is 2.04 bits per heavy atom. The highest BCUT2D eigenvalue weighted by molar-refractivity contribution is 5.55. The minimum absolute atomic E-state index is 0.359. The zero-order chi connectivity index (χ0) is 16.4. The maximum absolute atomic E-state index is 5.26. The van der Waals surface area contributed by atoms with Gasteiger partial charge in [0.05, 0.1) is 13.1 Å². The number of hydrogen-bond acceptors (Lipinski definition) is 7. The van der Waals surface area contributed by atoms with Crippen LogP contribution in [0.4, 0.5) is 0 Å². The van der Waals surface area contributed by atoms with E-state index in [0.717, 1.165) is 30.3 Å². The summed E-state index contributed by atoms with van der Waals surface area (Å²) >= 11 is 0. The first-order valence-electron chi connectivity index (χ1n) is 7.84. The van der Waals surface area contributed by atoms with E-state index in [9.17, 15) is 0 Å². The fraction of sp³-hybridized carbons (Fsp3) is 0.375. The number of ether oxygens (including phenoxy) is 1. The van der Waals surface area contributed by atoms with Gasteiger partial charge in [0.15, 0.2) is 11.6 Å². The summed E-state index contributed by atoms with van der Waals surface area (Å²) in [6.45, 7) is 3.39. The van der Waals surface area contributed by atoms with Gasteiger partial charge >= 0.3 is 0 Å².